The molecule has 1 amide bonds. The lowest BCUT2D eigenvalue weighted by Crippen LogP contribution is -2.29. The number of nitrogens with one attached hydrogen (secondary N) is 2. The number of amides is 1. The summed E-state index contributed by atoms with van der Waals surface area (Å²) < 4.78 is 36.1. The maximum absolute atomic E-state index is 12.1. The van der Waals surface area contributed by atoms with E-state index < -0.39 is 28.5 Å². The standard InChI is InChI=1S/C15H17ClN2O6S/c1-3-6-17-14(19)10-24-15(20)12-9-11(4-5-13(12)16)25(21,22)18-7-8-23-2/h1,4-5,9,18H,6-8,10H2,2H3,(H,17,19). The fourth-order valence-electron chi connectivity index (χ4n) is 1.60. The van der Waals surface area contributed by atoms with Gasteiger partial charge >= 0.3 is 5.97 Å². The Morgan fingerprint density at radius 2 is 2.08 bits per heavy atom. The van der Waals surface area contributed by atoms with Gasteiger partial charge in [-0.25, -0.2) is 17.9 Å². The maximum Gasteiger partial charge on any atom is 0.340 e. The van der Waals surface area contributed by atoms with Gasteiger partial charge in [0, 0.05) is 13.7 Å². The van der Waals surface area contributed by atoms with Crippen LogP contribution in [0.2, 0.25) is 5.02 Å². The van der Waals surface area contributed by atoms with Crippen LogP contribution in [0.25, 0.3) is 0 Å². The van der Waals surface area contributed by atoms with Gasteiger partial charge in [-0.2, -0.15) is 0 Å². The third-order valence-corrected chi connectivity index (χ3v) is 4.58. The number of methoxy groups -OCH3 is 1. The Labute approximate surface area is 150 Å². The summed E-state index contributed by atoms with van der Waals surface area (Å²) in [6.07, 6.45) is 4.98. The van der Waals surface area contributed by atoms with Crippen molar-refractivity contribution in [2.45, 2.75) is 4.90 Å². The number of halogens is 1. The average Bonchev–Trinajstić information content (AvgIpc) is 2.58. The summed E-state index contributed by atoms with van der Waals surface area (Å²) in [5, 5.41) is 2.31. The highest BCUT2D eigenvalue weighted by atomic mass is 35.5. The number of rotatable bonds is 9. The number of hydrogen-bond donors (Lipinski definition) is 2. The minimum absolute atomic E-state index is 0.00197. The van der Waals surface area contributed by atoms with E-state index in [1.165, 1.54) is 19.2 Å². The molecule has 10 heteroatoms. The number of carbonyl (C=O) groups is 2. The van der Waals surface area contributed by atoms with Crippen LogP contribution in [-0.2, 0) is 24.3 Å². The van der Waals surface area contributed by atoms with E-state index in [4.69, 9.17) is 27.5 Å². The zero-order valence-corrected chi connectivity index (χ0v) is 14.9. The Kier molecular flexibility index (Phi) is 8.37. The summed E-state index contributed by atoms with van der Waals surface area (Å²) in [5.41, 5.74) is -0.180. The molecule has 0 aliphatic rings. The highest BCUT2D eigenvalue weighted by Gasteiger charge is 2.20. The first kappa shape index (κ1) is 20.9. The molecule has 0 heterocycles. The van der Waals surface area contributed by atoms with Gasteiger partial charge in [0.2, 0.25) is 10.0 Å². The van der Waals surface area contributed by atoms with Crippen molar-refractivity contribution in [2.75, 3.05) is 33.4 Å². The van der Waals surface area contributed by atoms with Crippen LogP contribution < -0.4 is 10.0 Å². The molecule has 1 aromatic rings. The molecule has 0 saturated heterocycles. The van der Waals surface area contributed by atoms with Crippen LogP contribution in [0.1, 0.15) is 10.4 Å². The minimum atomic E-state index is -3.85. The van der Waals surface area contributed by atoms with Crippen LogP contribution >= 0.6 is 11.6 Å². The van der Waals surface area contributed by atoms with Crippen LogP contribution in [0.5, 0.6) is 0 Å². The Balaban J connectivity index is 2.85. The molecule has 8 nitrogen and oxygen atoms in total. The summed E-state index contributed by atoms with van der Waals surface area (Å²) in [4.78, 5) is 23.2. The molecule has 136 valence electrons. The van der Waals surface area contributed by atoms with Gasteiger partial charge in [0.1, 0.15) is 0 Å². The number of ether oxygens (including phenoxy) is 2. The number of hydrogen-bond acceptors (Lipinski definition) is 6. The summed E-state index contributed by atoms with van der Waals surface area (Å²) in [7, 11) is -2.41. The number of esters is 1. The van der Waals surface area contributed by atoms with Crippen molar-refractivity contribution in [3.8, 4) is 12.3 Å². The molecular formula is C15H17ClN2O6S. The quantitative estimate of drug-likeness (QED) is 0.354. The molecule has 25 heavy (non-hydrogen) atoms. The summed E-state index contributed by atoms with van der Waals surface area (Å²) in [5.74, 6) is 0.670. The number of sulfonamides is 1. The Hall–Kier alpha value is -2.12. The molecule has 0 spiro atoms. The zero-order chi connectivity index (χ0) is 18.9. The predicted molar refractivity (Wildman–Crippen MR) is 90.6 cm³/mol. The minimum Gasteiger partial charge on any atom is -0.452 e. The third-order valence-electron chi connectivity index (χ3n) is 2.79. The normalized spacial score (nSPS) is 10.8. The van der Waals surface area contributed by atoms with E-state index in [0.29, 0.717) is 0 Å². The lowest BCUT2D eigenvalue weighted by Gasteiger charge is -2.10. The summed E-state index contributed by atoms with van der Waals surface area (Å²) in [6, 6.07) is 3.56. The van der Waals surface area contributed by atoms with Gasteiger partial charge in [0.25, 0.3) is 5.91 Å². The average molecular weight is 389 g/mol. The number of carbonyl (C=O) groups excluding carboxylic acids is 2. The highest BCUT2D eigenvalue weighted by Crippen LogP contribution is 2.21. The topological polar surface area (TPSA) is 111 Å². The lowest BCUT2D eigenvalue weighted by molar-refractivity contribution is -0.123. The number of benzene rings is 1. The molecule has 0 aromatic heterocycles. The highest BCUT2D eigenvalue weighted by molar-refractivity contribution is 7.89. The fourth-order valence-corrected chi connectivity index (χ4v) is 2.83. The van der Waals surface area contributed by atoms with Crippen molar-refractivity contribution >= 4 is 33.5 Å². The second-order valence-electron chi connectivity index (χ2n) is 4.59. The molecule has 0 aliphatic carbocycles. The van der Waals surface area contributed by atoms with Crippen molar-refractivity contribution in [1.29, 1.82) is 0 Å². The Bertz CT molecular complexity index is 773. The molecule has 2 N–H and O–H groups in total. The van der Waals surface area contributed by atoms with Crippen molar-refractivity contribution in [3.05, 3.63) is 28.8 Å². The molecule has 1 aromatic carbocycles. The van der Waals surface area contributed by atoms with E-state index >= 15 is 0 Å². The van der Waals surface area contributed by atoms with Gasteiger partial charge in [-0.05, 0) is 18.2 Å². The van der Waals surface area contributed by atoms with Gasteiger partial charge in [-0.3, -0.25) is 4.79 Å². The van der Waals surface area contributed by atoms with Crippen LogP contribution in [0.3, 0.4) is 0 Å². The van der Waals surface area contributed by atoms with E-state index in [0.717, 1.165) is 6.07 Å². The van der Waals surface area contributed by atoms with Crippen molar-refractivity contribution in [3.63, 3.8) is 0 Å². The Morgan fingerprint density at radius 3 is 2.72 bits per heavy atom. The molecule has 0 bridgehead atoms. The second kappa shape index (κ2) is 10.0. The van der Waals surface area contributed by atoms with Gasteiger partial charge in [0.15, 0.2) is 6.61 Å². The van der Waals surface area contributed by atoms with Crippen molar-refractivity contribution in [1.82, 2.24) is 10.0 Å². The largest absolute Gasteiger partial charge is 0.452 e. The molecule has 0 saturated carbocycles. The first-order valence-corrected chi connectivity index (χ1v) is 8.83. The molecule has 0 atom stereocenters. The van der Waals surface area contributed by atoms with E-state index in [1.807, 2.05) is 0 Å². The molecule has 0 unspecified atom stereocenters. The fraction of sp³-hybridized carbons (Fsp3) is 0.333. The smallest absolute Gasteiger partial charge is 0.340 e. The van der Waals surface area contributed by atoms with E-state index in [1.54, 1.807) is 0 Å². The predicted octanol–water partition coefficient (Wildman–Crippen LogP) is 0.171. The van der Waals surface area contributed by atoms with Crippen LogP contribution in [-0.4, -0.2) is 53.7 Å². The zero-order valence-electron chi connectivity index (χ0n) is 13.4. The van der Waals surface area contributed by atoms with Crippen molar-refractivity contribution in [2.24, 2.45) is 0 Å². The first-order valence-electron chi connectivity index (χ1n) is 6.97. The van der Waals surface area contributed by atoms with Crippen molar-refractivity contribution < 1.29 is 27.5 Å². The maximum atomic E-state index is 12.1. The molecule has 0 aliphatic heterocycles. The Morgan fingerprint density at radius 1 is 1.36 bits per heavy atom. The van der Waals surface area contributed by atoms with E-state index in [2.05, 4.69) is 16.0 Å². The third kappa shape index (κ3) is 6.72. The monoisotopic (exact) mass is 388 g/mol. The number of terminal acetylenes is 1. The van der Waals surface area contributed by atoms with Gasteiger partial charge < -0.3 is 14.8 Å². The molecule has 1 rings (SSSR count). The molecule has 0 radical (unpaired) electrons. The van der Waals surface area contributed by atoms with Crippen LogP contribution in [0.15, 0.2) is 23.1 Å². The molecular weight excluding hydrogens is 372 g/mol. The van der Waals surface area contributed by atoms with E-state index in [9.17, 15) is 18.0 Å². The van der Waals surface area contributed by atoms with Crippen LogP contribution in [0.4, 0.5) is 0 Å². The van der Waals surface area contributed by atoms with Crippen LogP contribution in [0, 0.1) is 12.3 Å². The SMILES string of the molecule is C#CCNC(=O)COC(=O)c1cc(S(=O)(=O)NCCOC)ccc1Cl. The first-order chi connectivity index (χ1) is 11.8. The summed E-state index contributed by atoms with van der Waals surface area (Å²) >= 11 is 5.90. The lowest BCUT2D eigenvalue weighted by atomic mass is 10.2. The van der Waals surface area contributed by atoms with Gasteiger partial charge in [-0.15, -0.1) is 6.42 Å². The summed E-state index contributed by atoms with van der Waals surface area (Å²) in [6.45, 7) is -0.316. The second-order valence-corrected chi connectivity index (χ2v) is 6.76. The molecule has 0 fully saturated rings. The van der Waals surface area contributed by atoms with Gasteiger partial charge in [-0.1, -0.05) is 17.5 Å². The van der Waals surface area contributed by atoms with Gasteiger partial charge in [0.05, 0.1) is 28.6 Å². The van der Waals surface area contributed by atoms with E-state index in [-0.39, 0.29) is 35.2 Å².